The highest BCUT2D eigenvalue weighted by molar-refractivity contribution is 5.95. The first-order valence-electron chi connectivity index (χ1n) is 10.8. The van der Waals surface area contributed by atoms with Gasteiger partial charge in [-0.2, -0.15) is 5.26 Å². The fourth-order valence-electron chi connectivity index (χ4n) is 5.62. The van der Waals surface area contributed by atoms with E-state index in [4.69, 9.17) is 5.26 Å². The Hall–Kier alpha value is -2.55. The maximum atomic E-state index is 12.8. The lowest BCUT2D eigenvalue weighted by atomic mass is 9.83. The zero-order chi connectivity index (χ0) is 20.4. The smallest absolute Gasteiger partial charge is 0.251 e. The number of amides is 2. The Kier molecular flexibility index (Phi) is 5.49. The van der Waals surface area contributed by atoms with Crippen molar-refractivity contribution in [2.75, 3.05) is 6.54 Å². The first-order chi connectivity index (χ1) is 14.0. The minimum absolute atomic E-state index is 0.0692. The van der Waals surface area contributed by atoms with E-state index < -0.39 is 0 Å². The molecule has 3 N–H and O–H groups in total. The molecule has 6 nitrogen and oxygen atoms in total. The van der Waals surface area contributed by atoms with E-state index in [1.54, 1.807) is 0 Å². The van der Waals surface area contributed by atoms with Crippen molar-refractivity contribution in [3.8, 4) is 11.8 Å². The Balaban J connectivity index is 1.21. The summed E-state index contributed by atoms with van der Waals surface area (Å²) in [6.07, 6.45) is 9.58. The zero-order valence-electron chi connectivity index (χ0n) is 16.7. The number of nitriles is 1. The van der Waals surface area contributed by atoms with Crippen LogP contribution in [0.2, 0.25) is 0 Å². The van der Waals surface area contributed by atoms with Crippen molar-refractivity contribution in [3.05, 3.63) is 29.3 Å². The maximum absolute atomic E-state index is 12.8. The lowest BCUT2D eigenvalue weighted by Crippen LogP contribution is -2.43. The van der Waals surface area contributed by atoms with E-state index in [9.17, 15) is 14.7 Å². The van der Waals surface area contributed by atoms with Crippen LogP contribution < -0.4 is 10.6 Å². The lowest BCUT2D eigenvalue weighted by molar-refractivity contribution is -0.131. The molecular formula is C23H29N3O3. The SMILES string of the molecule is N#Cc1cc(O)cc(C(=O)NCCC2CCC(NC(=O)C34CCC(CC3)C4)C2)c1. The van der Waals surface area contributed by atoms with Gasteiger partial charge in [0.2, 0.25) is 5.91 Å². The number of aromatic hydroxyl groups is 1. The van der Waals surface area contributed by atoms with E-state index >= 15 is 0 Å². The lowest BCUT2D eigenvalue weighted by Gasteiger charge is -2.27. The molecule has 4 rings (SSSR count). The Morgan fingerprint density at radius 3 is 2.66 bits per heavy atom. The van der Waals surface area contributed by atoms with Crippen LogP contribution in [-0.4, -0.2) is 29.5 Å². The monoisotopic (exact) mass is 395 g/mol. The fraction of sp³-hybridized carbons (Fsp3) is 0.609. The highest BCUT2D eigenvalue weighted by Crippen LogP contribution is 2.54. The highest BCUT2D eigenvalue weighted by atomic mass is 16.3. The van der Waals surface area contributed by atoms with Crippen LogP contribution in [0.4, 0.5) is 0 Å². The summed E-state index contributed by atoms with van der Waals surface area (Å²) in [6.45, 7) is 0.549. The molecule has 3 saturated carbocycles. The van der Waals surface area contributed by atoms with Gasteiger partial charge in [0.15, 0.2) is 0 Å². The third kappa shape index (κ3) is 4.24. The van der Waals surface area contributed by atoms with Crippen LogP contribution in [0.25, 0.3) is 0 Å². The molecule has 0 saturated heterocycles. The average Bonchev–Trinajstić information content (AvgIpc) is 3.44. The summed E-state index contributed by atoms with van der Waals surface area (Å²) in [5.41, 5.74) is 0.490. The number of benzene rings is 1. The van der Waals surface area contributed by atoms with Crippen LogP contribution >= 0.6 is 0 Å². The van der Waals surface area contributed by atoms with Gasteiger partial charge in [0, 0.05) is 23.6 Å². The van der Waals surface area contributed by atoms with Crippen molar-refractivity contribution in [1.82, 2.24) is 10.6 Å². The van der Waals surface area contributed by atoms with Gasteiger partial charge in [-0.05, 0) is 87.8 Å². The van der Waals surface area contributed by atoms with Gasteiger partial charge >= 0.3 is 0 Å². The van der Waals surface area contributed by atoms with Crippen molar-refractivity contribution < 1.29 is 14.7 Å². The number of hydrogen-bond donors (Lipinski definition) is 3. The number of fused-ring (bicyclic) bond motifs is 2. The Labute approximate surface area is 171 Å². The Morgan fingerprint density at radius 2 is 1.97 bits per heavy atom. The molecule has 6 heteroatoms. The molecule has 3 aliphatic carbocycles. The van der Waals surface area contributed by atoms with Crippen LogP contribution in [0.5, 0.6) is 5.75 Å². The molecule has 2 atom stereocenters. The number of phenols is 1. The largest absolute Gasteiger partial charge is 0.508 e. The minimum Gasteiger partial charge on any atom is -0.508 e. The molecule has 3 aliphatic rings. The number of nitrogens with one attached hydrogen (secondary N) is 2. The molecule has 2 unspecified atom stereocenters. The second kappa shape index (κ2) is 8.06. The summed E-state index contributed by atoms with van der Waals surface area (Å²) in [5, 5.41) is 24.8. The number of phenolic OH excluding ortho intramolecular Hbond substituents is 1. The van der Waals surface area contributed by atoms with Crippen molar-refractivity contribution in [3.63, 3.8) is 0 Å². The number of hydrogen-bond acceptors (Lipinski definition) is 4. The van der Waals surface area contributed by atoms with Gasteiger partial charge in [0.25, 0.3) is 5.91 Å². The van der Waals surface area contributed by atoms with E-state index in [-0.39, 0.29) is 34.6 Å². The summed E-state index contributed by atoms with van der Waals surface area (Å²) in [6, 6.07) is 6.39. The van der Waals surface area contributed by atoms with E-state index in [1.165, 1.54) is 31.0 Å². The average molecular weight is 396 g/mol. The number of carbonyl (C=O) groups excluding carboxylic acids is 2. The van der Waals surface area contributed by atoms with Gasteiger partial charge in [-0.1, -0.05) is 0 Å². The molecule has 0 spiro atoms. The molecule has 0 heterocycles. The Bertz CT molecular complexity index is 836. The van der Waals surface area contributed by atoms with Gasteiger partial charge in [-0.15, -0.1) is 0 Å². The zero-order valence-corrected chi connectivity index (χ0v) is 16.7. The standard InChI is InChI=1S/C23H29N3O3/c24-14-17-9-18(12-20(27)11-17)21(28)25-8-5-15-1-2-19(10-15)26-22(29)23-6-3-16(13-23)4-7-23/h9,11-12,15-16,19,27H,1-8,10,13H2,(H,25,28)(H,26,29). The predicted molar refractivity (Wildman–Crippen MR) is 108 cm³/mol. The molecule has 1 aromatic carbocycles. The summed E-state index contributed by atoms with van der Waals surface area (Å²) >= 11 is 0. The summed E-state index contributed by atoms with van der Waals surface area (Å²) in [4.78, 5) is 25.1. The molecule has 0 aromatic heterocycles. The van der Waals surface area contributed by atoms with E-state index in [0.29, 0.717) is 18.0 Å². The van der Waals surface area contributed by atoms with Gasteiger partial charge in [0.1, 0.15) is 5.75 Å². The second-order valence-electron chi connectivity index (χ2n) is 9.20. The molecule has 2 bridgehead atoms. The summed E-state index contributed by atoms with van der Waals surface area (Å²) in [7, 11) is 0. The molecule has 1 aromatic rings. The third-order valence-corrected chi connectivity index (χ3v) is 7.25. The molecule has 0 radical (unpaired) electrons. The number of rotatable bonds is 6. The maximum Gasteiger partial charge on any atom is 0.251 e. The second-order valence-corrected chi connectivity index (χ2v) is 9.20. The van der Waals surface area contributed by atoms with Gasteiger partial charge in [-0.3, -0.25) is 9.59 Å². The van der Waals surface area contributed by atoms with Gasteiger partial charge in [-0.25, -0.2) is 0 Å². The van der Waals surface area contributed by atoms with Crippen molar-refractivity contribution in [2.45, 2.75) is 63.8 Å². The highest BCUT2D eigenvalue weighted by Gasteiger charge is 2.50. The molecule has 29 heavy (non-hydrogen) atoms. The van der Waals surface area contributed by atoms with Gasteiger partial charge < -0.3 is 15.7 Å². The first-order valence-corrected chi connectivity index (χ1v) is 10.8. The topological polar surface area (TPSA) is 102 Å². The predicted octanol–water partition coefficient (Wildman–Crippen LogP) is 3.25. The fourth-order valence-corrected chi connectivity index (χ4v) is 5.62. The van der Waals surface area contributed by atoms with Gasteiger partial charge in [0.05, 0.1) is 11.6 Å². The molecule has 3 fully saturated rings. The van der Waals surface area contributed by atoms with Crippen LogP contribution in [0.15, 0.2) is 18.2 Å². The quantitative estimate of drug-likeness (QED) is 0.688. The number of nitrogens with zero attached hydrogens (tertiary/aromatic N) is 1. The normalized spacial score (nSPS) is 30.1. The van der Waals surface area contributed by atoms with Crippen LogP contribution in [-0.2, 0) is 4.79 Å². The summed E-state index contributed by atoms with van der Waals surface area (Å²) in [5.74, 6) is 1.19. The summed E-state index contributed by atoms with van der Waals surface area (Å²) < 4.78 is 0. The number of carbonyl (C=O) groups is 2. The minimum atomic E-state index is -0.281. The molecular weight excluding hydrogens is 366 g/mol. The Morgan fingerprint density at radius 1 is 1.17 bits per heavy atom. The van der Waals surface area contributed by atoms with Crippen LogP contribution in [0.3, 0.4) is 0 Å². The van der Waals surface area contributed by atoms with Crippen LogP contribution in [0, 0.1) is 28.6 Å². The van der Waals surface area contributed by atoms with E-state index in [2.05, 4.69) is 10.6 Å². The van der Waals surface area contributed by atoms with E-state index in [1.807, 2.05) is 6.07 Å². The molecule has 154 valence electrons. The van der Waals surface area contributed by atoms with Crippen molar-refractivity contribution >= 4 is 11.8 Å². The van der Waals surface area contributed by atoms with E-state index in [0.717, 1.165) is 50.9 Å². The third-order valence-electron chi connectivity index (χ3n) is 7.25. The first kappa shape index (κ1) is 19.8. The van der Waals surface area contributed by atoms with Crippen LogP contribution in [0.1, 0.15) is 73.7 Å². The van der Waals surface area contributed by atoms with Crippen molar-refractivity contribution in [1.29, 1.82) is 5.26 Å². The molecule has 0 aliphatic heterocycles. The van der Waals surface area contributed by atoms with Crippen molar-refractivity contribution in [2.24, 2.45) is 17.3 Å². The molecule has 2 amide bonds.